The highest BCUT2D eigenvalue weighted by molar-refractivity contribution is 7.91. The minimum Gasteiger partial charge on any atom is -0.395 e. The van der Waals surface area contributed by atoms with E-state index in [-0.39, 0.29) is 41.2 Å². The molecule has 1 amide bonds. The molecule has 0 spiro atoms. The number of rotatable bonds is 9. The molecule has 0 unspecified atom stereocenters. The third kappa shape index (κ3) is 5.24. The maximum absolute atomic E-state index is 13.7. The van der Waals surface area contributed by atoms with Gasteiger partial charge in [-0.1, -0.05) is 31.2 Å². The summed E-state index contributed by atoms with van der Waals surface area (Å²) < 4.78 is 63.0. The Hall–Kier alpha value is -4.03. The van der Waals surface area contributed by atoms with Gasteiger partial charge in [-0.15, -0.1) is 8.78 Å². The van der Waals surface area contributed by atoms with E-state index in [1.54, 1.807) is 49.4 Å². The van der Waals surface area contributed by atoms with Crippen LogP contribution in [0.25, 0.3) is 11.0 Å². The van der Waals surface area contributed by atoms with Crippen molar-refractivity contribution in [1.82, 2.24) is 14.9 Å². The number of aliphatic hydroxyl groups excluding tert-OH is 1. The van der Waals surface area contributed by atoms with Gasteiger partial charge in [0.25, 0.3) is 5.91 Å². The molecule has 1 aliphatic heterocycles. The van der Waals surface area contributed by atoms with Crippen molar-refractivity contribution in [2.75, 3.05) is 12.4 Å². The van der Waals surface area contributed by atoms with Crippen LogP contribution < -0.4 is 14.8 Å². The lowest BCUT2D eigenvalue weighted by molar-refractivity contribution is -0.286. The van der Waals surface area contributed by atoms with Crippen LogP contribution in [-0.4, -0.2) is 47.6 Å². The number of para-hydroxylation sites is 1. The topological polar surface area (TPSA) is 120 Å². The van der Waals surface area contributed by atoms with E-state index in [1.807, 2.05) is 4.57 Å². The molecular weight excluding hydrogens is 556 g/mol. The van der Waals surface area contributed by atoms with E-state index >= 15 is 0 Å². The smallest absolute Gasteiger partial charge is 0.395 e. The number of amides is 1. The van der Waals surface area contributed by atoms with E-state index in [2.05, 4.69) is 10.1 Å². The number of carbonyl (C=O) groups is 1. The first-order chi connectivity index (χ1) is 19.6. The number of sulfone groups is 1. The highest BCUT2D eigenvalue weighted by atomic mass is 32.2. The van der Waals surface area contributed by atoms with Gasteiger partial charge in [-0.3, -0.25) is 4.79 Å². The first-order valence-electron chi connectivity index (χ1n) is 13.2. The number of imidazole rings is 1. The minimum atomic E-state index is -3.72. The zero-order valence-corrected chi connectivity index (χ0v) is 22.8. The van der Waals surface area contributed by atoms with Crippen molar-refractivity contribution < 1.29 is 36.6 Å². The maximum Gasteiger partial charge on any atom is 0.586 e. The van der Waals surface area contributed by atoms with Crippen molar-refractivity contribution >= 4 is 26.8 Å². The van der Waals surface area contributed by atoms with Crippen LogP contribution in [-0.2, 0) is 16.4 Å². The van der Waals surface area contributed by atoms with Gasteiger partial charge in [0.2, 0.25) is 0 Å². The monoisotopic (exact) mass is 583 g/mol. The summed E-state index contributed by atoms with van der Waals surface area (Å²) in [5.41, 5.74) is 2.71. The Morgan fingerprint density at radius 3 is 2.59 bits per heavy atom. The molecule has 214 valence electrons. The summed E-state index contributed by atoms with van der Waals surface area (Å²) in [5.74, 6) is 0.534. The number of ether oxygens (including phenoxy) is 2. The molecule has 1 aliphatic carbocycles. The summed E-state index contributed by atoms with van der Waals surface area (Å²) in [5, 5.41) is 12.7. The van der Waals surface area contributed by atoms with E-state index in [0.717, 1.165) is 24.2 Å². The lowest BCUT2D eigenvalue weighted by Crippen LogP contribution is -2.30. The number of nitrogens with one attached hydrogen (secondary N) is 1. The van der Waals surface area contributed by atoms with Crippen LogP contribution in [0.15, 0.2) is 65.6 Å². The average Bonchev–Trinajstić information content (AvgIpc) is 3.67. The fraction of sp³-hybridized carbons (Fsp3) is 0.310. The third-order valence-electron chi connectivity index (χ3n) is 7.33. The van der Waals surface area contributed by atoms with Gasteiger partial charge in [0.15, 0.2) is 21.3 Å². The number of hydrogen-bond acceptors (Lipinski definition) is 7. The van der Waals surface area contributed by atoms with Gasteiger partial charge in [-0.05, 0) is 54.8 Å². The molecule has 2 heterocycles. The Morgan fingerprint density at radius 2 is 1.90 bits per heavy atom. The maximum atomic E-state index is 13.7. The molecule has 1 fully saturated rings. The molecule has 6 rings (SSSR count). The molecule has 2 aliphatic rings. The van der Waals surface area contributed by atoms with E-state index < -0.39 is 28.1 Å². The number of carbonyl (C=O) groups excluding carboxylic acids is 1. The summed E-state index contributed by atoms with van der Waals surface area (Å²) in [6.45, 7) is 1.40. The van der Waals surface area contributed by atoms with Crippen LogP contribution in [0.5, 0.6) is 11.5 Å². The Kier molecular flexibility index (Phi) is 6.69. The van der Waals surface area contributed by atoms with E-state index in [1.165, 1.54) is 18.2 Å². The summed E-state index contributed by atoms with van der Waals surface area (Å²) in [6, 6.07) is 15.1. The molecule has 41 heavy (non-hydrogen) atoms. The minimum absolute atomic E-state index is 0.00698. The Bertz CT molecular complexity index is 1750. The molecule has 3 aromatic carbocycles. The van der Waals surface area contributed by atoms with Crippen molar-refractivity contribution in [3.05, 3.63) is 83.2 Å². The number of hydrogen-bond donors (Lipinski definition) is 2. The fourth-order valence-corrected chi connectivity index (χ4v) is 5.86. The molecule has 0 radical (unpaired) electrons. The number of fused-ring (bicyclic) bond motifs is 2. The third-order valence-corrected chi connectivity index (χ3v) is 9.08. The largest absolute Gasteiger partial charge is 0.586 e. The van der Waals surface area contributed by atoms with Gasteiger partial charge in [0, 0.05) is 17.0 Å². The molecule has 2 N–H and O–H groups in total. The highest BCUT2D eigenvalue weighted by Crippen LogP contribution is 2.45. The summed E-state index contributed by atoms with van der Waals surface area (Å²) in [7, 11) is -3.37. The normalized spacial score (nSPS) is 16.6. The molecule has 0 saturated heterocycles. The number of halogens is 2. The van der Waals surface area contributed by atoms with Gasteiger partial charge in [0.05, 0.1) is 40.9 Å². The van der Waals surface area contributed by atoms with Crippen molar-refractivity contribution in [2.45, 2.75) is 49.5 Å². The van der Waals surface area contributed by atoms with Crippen molar-refractivity contribution in [1.29, 1.82) is 0 Å². The van der Waals surface area contributed by atoms with Crippen LogP contribution in [0.4, 0.5) is 8.78 Å². The zero-order valence-electron chi connectivity index (χ0n) is 22.0. The number of nitrogens with zero attached hydrogens (tertiary/aromatic N) is 2. The van der Waals surface area contributed by atoms with Crippen molar-refractivity contribution in [3.63, 3.8) is 0 Å². The second-order valence-corrected chi connectivity index (χ2v) is 12.4. The highest BCUT2D eigenvalue weighted by Gasteiger charge is 2.44. The van der Waals surface area contributed by atoms with Gasteiger partial charge in [0.1, 0.15) is 5.82 Å². The molecule has 1 saturated carbocycles. The number of aromatic nitrogens is 2. The number of aliphatic hydroxyl groups is 1. The summed E-state index contributed by atoms with van der Waals surface area (Å²) in [4.78, 5) is 18.1. The fourth-order valence-electron chi connectivity index (χ4n) is 4.98. The standard InChI is InChI=1S/C29H27F2N3O6S/c1-2-41(37,38)21-11-8-17(9-12-21)23(16-35)33-28(36)19-10-13-24-22(14-19)32-27(18-6-7-18)34(24)15-20-4-3-5-25-26(20)40-29(30,31)39-25/h3-5,8-14,18,23,35H,2,6-7,15-16H2,1H3,(H,33,36)/t23-/m0/s1. The summed E-state index contributed by atoms with van der Waals surface area (Å²) >= 11 is 0. The first-order valence-corrected chi connectivity index (χ1v) is 14.9. The molecular formula is C29H27F2N3O6S. The quantitative estimate of drug-likeness (QED) is 0.297. The molecule has 12 heteroatoms. The van der Waals surface area contributed by atoms with Gasteiger partial charge in [-0.25, -0.2) is 13.4 Å². The second kappa shape index (κ2) is 10.1. The summed E-state index contributed by atoms with van der Waals surface area (Å²) in [6.07, 6.45) is -1.81. The Labute approximate surface area is 234 Å². The second-order valence-electron chi connectivity index (χ2n) is 10.1. The first kappa shape index (κ1) is 27.2. The van der Waals surface area contributed by atoms with Crippen LogP contribution in [0.1, 0.15) is 59.0 Å². The van der Waals surface area contributed by atoms with E-state index in [4.69, 9.17) is 9.72 Å². The van der Waals surface area contributed by atoms with Crippen molar-refractivity contribution in [2.24, 2.45) is 0 Å². The predicted molar refractivity (Wildman–Crippen MR) is 145 cm³/mol. The van der Waals surface area contributed by atoms with Crippen LogP contribution in [0, 0.1) is 0 Å². The van der Waals surface area contributed by atoms with Gasteiger partial charge < -0.3 is 24.5 Å². The van der Waals surface area contributed by atoms with Gasteiger partial charge >= 0.3 is 6.29 Å². The SMILES string of the molecule is CCS(=O)(=O)c1ccc([C@H](CO)NC(=O)c2ccc3c(c2)nc(C2CC2)n3Cc2cccc3c2OC(F)(F)O3)cc1. The molecule has 9 nitrogen and oxygen atoms in total. The predicted octanol–water partition coefficient (Wildman–Crippen LogP) is 4.54. The average molecular weight is 584 g/mol. The van der Waals surface area contributed by atoms with Crippen molar-refractivity contribution in [3.8, 4) is 11.5 Å². The lowest BCUT2D eigenvalue weighted by atomic mass is 10.1. The molecule has 4 aromatic rings. The molecule has 0 bridgehead atoms. The van der Waals surface area contributed by atoms with Crippen LogP contribution >= 0.6 is 0 Å². The van der Waals surface area contributed by atoms with E-state index in [0.29, 0.717) is 22.2 Å². The van der Waals surface area contributed by atoms with Crippen LogP contribution in [0.3, 0.4) is 0 Å². The van der Waals surface area contributed by atoms with E-state index in [9.17, 15) is 27.1 Å². The zero-order chi connectivity index (χ0) is 28.9. The Morgan fingerprint density at radius 1 is 1.15 bits per heavy atom. The van der Waals surface area contributed by atoms with Gasteiger partial charge in [-0.2, -0.15) is 0 Å². The lowest BCUT2D eigenvalue weighted by Gasteiger charge is -2.17. The number of benzene rings is 3. The number of alkyl halides is 2. The Balaban J connectivity index is 1.26. The molecule has 1 aromatic heterocycles. The van der Waals surface area contributed by atoms with Crippen LogP contribution in [0.2, 0.25) is 0 Å². The molecule has 1 atom stereocenters.